The molecule has 0 aromatic carbocycles. The fourth-order valence-electron chi connectivity index (χ4n) is 1.81. The standard InChI is InChI=1S/C14H24N2O/c1-3-5-7-12(4-2)11-17-14-8-6-9-16-13(14)10-15/h6,8-9,12H,3-5,7,10-11,15H2,1-2H3. The van der Waals surface area contributed by atoms with Crippen LogP contribution in [0.1, 0.15) is 45.2 Å². The molecule has 0 aliphatic carbocycles. The van der Waals surface area contributed by atoms with E-state index < -0.39 is 0 Å². The highest BCUT2D eigenvalue weighted by Crippen LogP contribution is 2.18. The van der Waals surface area contributed by atoms with Crippen molar-refractivity contribution < 1.29 is 4.74 Å². The molecule has 0 saturated carbocycles. The van der Waals surface area contributed by atoms with Gasteiger partial charge in [0, 0.05) is 12.7 Å². The Balaban J connectivity index is 2.47. The average molecular weight is 236 g/mol. The minimum Gasteiger partial charge on any atom is -0.491 e. The minimum atomic E-state index is 0.432. The van der Waals surface area contributed by atoms with Crippen molar-refractivity contribution in [2.75, 3.05) is 6.61 Å². The van der Waals surface area contributed by atoms with Crippen molar-refractivity contribution in [2.24, 2.45) is 11.7 Å². The SMILES string of the molecule is CCCCC(CC)COc1cccnc1CN. The summed E-state index contributed by atoms with van der Waals surface area (Å²) < 4.78 is 5.84. The van der Waals surface area contributed by atoms with Crippen LogP contribution in [0.15, 0.2) is 18.3 Å². The van der Waals surface area contributed by atoms with Crippen molar-refractivity contribution in [3.8, 4) is 5.75 Å². The Morgan fingerprint density at radius 3 is 2.88 bits per heavy atom. The zero-order valence-electron chi connectivity index (χ0n) is 11.0. The molecule has 0 radical (unpaired) electrons. The maximum Gasteiger partial charge on any atom is 0.142 e. The van der Waals surface area contributed by atoms with Crippen molar-refractivity contribution in [1.82, 2.24) is 4.98 Å². The first-order valence-corrected chi connectivity index (χ1v) is 6.58. The smallest absolute Gasteiger partial charge is 0.142 e. The number of ether oxygens (including phenoxy) is 1. The van der Waals surface area contributed by atoms with Gasteiger partial charge in [-0.2, -0.15) is 0 Å². The highest BCUT2D eigenvalue weighted by molar-refractivity contribution is 5.26. The third-order valence-corrected chi connectivity index (χ3v) is 3.06. The number of rotatable bonds is 8. The zero-order valence-corrected chi connectivity index (χ0v) is 11.0. The molecular weight excluding hydrogens is 212 g/mol. The van der Waals surface area contributed by atoms with Gasteiger partial charge in [-0.25, -0.2) is 0 Å². The van der Waals surface area contributed by atoms with E-state index in [1.807, 2.05) is 12.1 Å². The maximum atomic E-state index is 5.84. The third kappa shape index (κ3) is 4.73. The lowest BCUT2D eigenvalue weighted by atomic mass is 10.0. The van der Waals surface area contributed by atoms with Crippen LogP contribution in [0, 0.1) is 5.92 Å². The molecule has 17 heavy (non-hydrogen) atoms. The topological polar surface area (TPSA) is 48.1 Å². The van der Waals surface area contributed by atoms with E-state index in [-0.39, 0.29) is 0 Å². The van der Waals surface area contributed by atoms with Gasteiger partial charge in [-0.15, -0.1) is 0 Å². The lowest BCUT2D eigenvalue weighted by Gasteiger charge is -2.16. The van der Waals surface area contributed by atoms with Crippen molar-refractivity contribution in [3.05, 3.63) is 24.0 Å². The summed E-state index contributed by atoms with van der Waals surface area (Å²) in [5, 5.41) is 0. The van der Waals surface area contributed by atoms with E-state index in [1.165, 1.54) is 19.3 Å². The monoisotopic (exact) mass is 236 g/mol. The van der Waals surface area contributed by atoms with Gasteiger partial charge in [-0.05, 0) is 24.5 Å². The van der Waals surface area contributed by atoms with E-state index in [1.54, 1.807) is 6.20 Å². The summed E-state index contributed by atoms with van der Waals surface area (Å²) >= 11 is 0. The van der Waals surface area contributed by atoms with E-state index in [4.69, 9.17) is 10.5 Å². The van der Waals surface area contributed by atoms with Gasteiger partial charge in [-0.1, -0.05) is 33.1 Å². The summed E-state index contributed by atoms with van der Waals surface area (Å²) in [6.45, 7) is 5.65. The Morgan fingerprint density at radius 2 is 2.24 bits per heavy atom. The molecule has 1 aromatic rings. The van der Waals surface area contributed by atoms with Crippen LogP contribution in [0.2, 0.25) is 0 Å². The van der Waals surface area contributed by atoms with Gasteiger partial charge in [0.25, 0.3) is 0 Å². The number of aromatic nitrogens is 1. The molecule has 1 atom stereocenters. The molecule has 1 unspecified atom stereocenters. The fourth-order valence-corrected chi connectivity index (χ4v) is 1.81. The number of nitrogens with two attached hydrogens (primary N) is 1. The maximum absolute atomic E-state index is 5.84. The van der Waals surface area contributed by atoms with E-state index in [9.17, 15) is 0 Å². The van der Waals surface area contributed by atoms with Gasteiger partial charge in [-0.3, -0.25) is 4.98 Å². The van der Waals surface area contributed by atoms with Crippen LogP contribution >= 0.6 is 0 Å². The Morgan fingerprint density at radius 1 is 1.41 bits per heavy atom. The van der Waals surface area contributed by atoms with Crippen molar-refractivity contribution in [3.63, 3.8) is 0 Å². The van der Waals surface area contributed by atoms with Gasteiger partial charge in [0.2, 0.25) is 0 Å². The molecule has 0 fully saturated rings. The molecule has 0 aliphatic rings. The summed E-state index contributed by atoms with van der Waals surface area (Å²) in [5.74, 6) is 1.48. The molecule has 1 rings (SSSR count). The second-order valence-electron chi connectivity index (χ2n) is 4.38. The van der Waals surface area contributed by atoms with E-state index in [2.05, 4.69) is 18.8 Å². The van der Waals surface area contributed by atoms with Crippen LogP contribution in [0.5, 0.6) is 5.75 Å². The van der Waals surface area contributed by atoms with Gasteiger partial charge < -0.3 is 10.5 Å². The normalized spacial score (nSPS) is 12.4. The lowest BCUT2D eigenvalue weighted by Crippen LogP contribution is -2.13. The number of pyridine rings is 1. The van der Waals surface area contributed by atoms with Crippen LogP contribution in [0.4, 0.5) is 0 Å². The van der Waals surface area contributed by atoms with Gasteiger partial charge >= 0.3 is 0 Å². The van der Waals surface area contributed by atoms with Crippen LogP contribution in [-0.4, -0.2) is 11.6 Å². The van der Waals surface area contributed by atoms with E-state index >= 15 is 0 Å². The Bertz CT molecular complexity index is 315. The van der Waals surface area contributed by atoms with Gasteiger partial charge in [0.15, 0.2) is 0 Å². The summed E-state index contributed by atoms with van der Waals surface area (Å²) in [6, 6.07) is 3.84. The summed E-state index contributed by atoms with van der Waals surface area (Å²) in [6.07, 6.45) is 6.68. The summed E-state index contributed by atoms with van der Waals surface area (Å²) in [4.78, 5) is 4.21. The highest BCUT2D eigenvalue weighted by Gasteiger charge is 2.08. The predicted octanol–water partition coefficient (Wildman–Crippen LogP) is 3.14. The Hall–Kier alpha value is -1.09. The van der Waals surface area contributed by atoms with Crippen LogP contribution in [0.25, 0.3) is 0 Å². The summed E-state index contributed by atoms with van der Waals surface area (Å²) in [5.41, 5.74) is 6.47. The largest absolute Gasteiger partial charge is 0.491 e. The van der Waals surface area contributed by atoms with Gasteiger partial charge in [0.1, 0.15) is 5.75 Å². The Labute approximate surface area is 104 Å². The Kier molecular flexibility index (Phi) is 6.63. The first-order chi connectivity index (χ1) is 8.31. The van der Waals surface area contributed by atoms with E-state index in [0.29, 0.717) is 12.5 Å². The second kappa shape index (κ2) is 8.07. The van der Waals surface area contributed by atoms with Gasteiger partial charge in [0.05, 0.1) is 12.3 Å². The molecule has 0 aliphatic heterocycles. The number of unbranched alkanes of at least 4 members (excludes halogenated alkanes) is 1. The molecule has 1 heterocycles. The average Bonchev–Trinajstić information content (AvgIpc) is 2.39. The minimum absolute atomic E-state index is 0.432. The van der Waals surface area contributed by atoms with Crippen molar-refractivity contribution >= 4 is 0 Å². The third-order valence-electron chi connectivity index (χ3n) is 3.06. The lowest BCUT2D eigenvalue weighted by molar-refractivity contribution is 0.230. The number of hydrogen-bond donors (Lipinski definition) is 1. The van der Waals surface area contributed by atoms with Crippen LogP contribution in [-0.2, 0) is 6.54 Å². The molecule has 1 aromatic heterocycles. The number of hydrogen-bond acceptors (Lipinski definition) is 3. The van der Waals surface area contributed by atoms with Crippen molar-refractivity contribution in [1.29, 1.82) is 0 Å². The number of nitrogens with zero attached hydrogens (tertiary/aromatic N) is 1. The molecule has 0 saturated heterocycles. The summed E-state index contributed by atoms with van der Waals surface area (Å²) in [7, 11) is 0. The molecule has 3 nitrogen and oxygen atoms in total. The fraction of sp³-hybridized carbons (Fsp3) is 0.643. The molecule has 0 spiro atoms. The molecular formula is C14H24N2O. The predicted molar refractivity (Wildman–Crippen MR) is 70.9 cm³/mol. The zero-order chi connectivity index (χ0) is 12.5. The first-order valence-electron chi connectivity index (χ1n) is 6.58. The quantitative estimate of drug-likeness (QED) is 0.754. The highest BCUT2D eigenvalue weighted by atomic mass is 16.5. The van der Waals surface area contributed by atoms with E-state index in [0.717, 1.165) is 24.5 Å². The first kappa shape index (κ1) is 14.0. The second-order valence-corrected chi connectivity index (χ2v) is 4.38. The molecule has 2 N–H and O–H groups in total. The van der Waals surface area contributed by atoms with Crippen molar-refractivity contribution in [2.45, 2.75) is 46.1 Å². The molecule has 0 amide bonds. The van der Waals surface area contributed by atoms with Crippen LogP contribution < -0.4 is 10.5 Å². The molecule has 96 valence electrons. The van der Waals surface area contributed by atoms with Crippen LogP contribution in [0.3, 0.4) is 0 Å². The molecule has 0 bridgehead atoms. The molecule has 3 heteroatoms.